The number of nitrogens with zero attached hydrogens (tertiary/aromatic N) is 2. The number of carbonyl (C=O) groups excluding carboxylic acids is 2. The molecule has 2 amide bonds. The van der Waals surface area contributed by atoms with E-state index in [4.69, 9.17) is 0 Å². The van der Waals surface area contributed by atoms with Gasteiger partial charge in [-0.3, -0.25) is 24.6 Å². The molecule has 0 N–H and O–H groups in total. The van der Waals surface area contributed by atoms with Crippen molar-refractivity contribution in [1.29, 1.82) is 0 Å². The largest absolute Gasteiger partial charge is 0.278 e. The fourth-order valence-corrected chi connectivity index (χ4v) is 2.60. The van der Waals surface area contributed by atoms with Crippen molar-refractivity contribution in [2.24, 2.45) is 5.92 Å². The summed E-state index contributed by atoms with van der Waals surface area (Å²) in [7, 11) is 0. The maximum Gasteiger partial charge on any atom is 0.270 e. The number of hydrogen-bond acceptors (Lipinski definition) is 4. The van der Waals surface area contributed by atoms with Crippen LogP contribution in [0.5, 0.6) is 0 Å². The van der Waals surface area contributed by atoms with Crippen LogP contribution in [0.2, 0.25) is 0 Å². The number of benzene rings is 1. The molecule has 0 radical (unpaired) electrons. The van der Waals surface area contributed by atoms with Crippen LogP contribution in [0.3, 0.4) is 0 Å². The Morgan fingerprint density at radius 2 is 2.25 bits per heavy atom. The summed E-state index contributed by atoms with van der Waals surface area (Å²) in [6, 6.07) is 3.95. The zero-order chi connectivity index (χ0) is 14.9. The van der Waals surface area contributed by atoms with Crippen molar-refractivity contribution in [1.82, 2.24) is 4.90 Å². The third kappa shape index (κ3) is 2.72. The van der Waals surface area contributed by atoms with E-state index >= 15 is 0 Å². The van der Waals surface area contributed by atoms with E-state index in [9.17, 15) is 19.7 Å². The molecule has 1 fully saturated rings. The van der Waals surface area contributed by atoms with Crippen molar-refractivity contribution in [3.05, 3.63) is 38.3 Å². The highest BCUT2D eigenvalue weighted by Crippen LogP contribution is 2.27. The van der Waals surface area contributed by atoms with Gasteiger partial charge in [-0.1, -0.05) is 13.3 Å². The monoisotopic (exact) mass is 340 g/mol. The molecule has 20 heavy (non-hydrogen) atoms. The molecule has 6 nitrogen and oxygen atoms in total. The highest BCUT2D eigenvalue weighted by Gasteiger charge is 2.34. The summed E-state index contributed by atoms with van der Waals surface area (Å²) in [6.07, 6.45) is 1.18. The van der Waals surface area contributed by atoms with Crippen LogP contribution in [-0.2, 0) is 4.79 Å². The molecule has 106 valence electrons. The van der Waals surface area contributed by atoms with Crippen LogP contribution in [0.4, 0.5) is 5.69 Å². The zero-order valence-corrected chi connectivity index (χ0v) is 12.4. The van der Waals surface area contributed by atoms with Gasteiger partial charge in [0.2, 0.25) is 5.91 Å². The predicted molar refractivity (Wildman–Crippen MR) is 75.2 cm³/mol. The Kier molecular flexibility index (Phi) is 4.17. The lowest BCUT2D eigenvalue weighted by atomic mass is 10.1. The molecule has 0 spiro atoms. The second-order valence-electron chi connectivity index (χ2n) is 4.71. The summed E-state index contributed by atoms with van der Waals surface area (Å²) in [5.41, 5.74) is -0.0282. The number of amides is 2. The molecular formula is C13H13BrN2O4. The zero-order valence-electron chi connectivity index (χ0n) is 10.8. The van der Waals surface area contributed by atoms with Gasteiger partial charge in [-0.05, 0) is 27.9 Å². The Hall–Kier alpha value is -1.76. The van der Waals surface area contributed by atoms with Crippen LogP contribution in [0.15, 0.2) is 22.7 Å². The molecule has 1 aliphatic heterocycles. The first kappa shape index (κ1) is 14.6. The predicted octanol–water partition coefficient (Wildman–Crippen LogP) is 2.76. The standard InChI is InChI=1S/C13H13BrN2O4/c1-2-8-5-12(17)15(7-8)13(18)10-6-9(16(19)20)3-4-11(10)14/h3-4,6,8H,2,5,7H2,1H3. The highest BCUT2D eigenvalue weighted by atomic mass is 79.9. The molecule has 1 saturated heterocycles. The van der Waals surface area contributed by atoms with Crippen LogP contribution in [0, 0.1) is 16.0 Å². The summed E-state index contributed by atoms with van der Waals surface area (Å²) in [5.74, 6) is -0.536. The molecule has 1 unspecified atom stereocenters. The van der Waals surface area contributed by atoms with Crippen molar-refractivity contribution >= 4 is 33.4 Å². The summed E-state index contributed by atoms with van der Waals surface area (Å²) in [5, 5.41) is 10.8. The molecule has 1 aromatic carbocycles. The van der Waals surface area contributed by atoms with E-state index in [1.165, 1.54) is 23.1 Å². The number of rotatable bonds is 3. The minimum absolute atomic E-state index is 0.143. The number of carbonyl (C=O) groups is 2. The van der Waals surface area contributed by atoms with Crippen LogP contribution in [0.1, 0.15) is 30.1 Å². The van der Waals surface area contributed by atoms with Gasteiger partial charge in [0.15, 0.2) is 0 Å². The van der Waals surface area contributed by atoms with Crippen LogP contribution in [0.25, 0.3) is 0 Å². The summed E-state index contributed by atoms with van der Waals surface area (Å²) < 4.78 is 0.445. The maximum atomic E-state index is 12.4. The first-order valence-corrected chi connectivity index (χ1v) is 7.02. The summed E-state index contributed by atoms with van der Waals surface area (Å²) in [6.45, 7) is 2.35. The van der Waals surface area contributed by atoms with Gasteiger partial charge >= 0.3 is 0 Å². The van der Waals surface area contributed by atoms with Gasteiger partial charge in [-0.15, -0.1) is 0 Å². The van der Waals surface area contributed by atoms with Crippen LogP contribution >= 0.6 is 15.9 Å². The Balaban J connectivity index is 2.32. The Morgan fingerprint density at radius 3 is 2.80 bits per heavy atom. The van der Waals surface area contributed by atoms with E-state index in [2.05, 4.69) is 15.9 Å². The van der Waals surface area contributed by atoms with Gasteiger partial charge in [0.1, 0.15) is 0 Å². The molecule has 0 bridgehead atoms. The van der Waals surface area contributed by atoms with Crippen molar-refractivity contribution in [3.8, 4) is 0 Å². The minimum Gasteiger partial charge on any atom is -0.278 e. The third-order valence-electron chi connectivity index (χ3n) is 3.42. The van der Waals surface area contributed by atoms with E-state index in [0.717, 1.165) is 6.42 Å². The maximum absolute atomic E-state index is 12.4. The van der Waals surface area contributed by atoms with Crippen molar-refractivity contribution < 1.29 is 14.5 Å². The van der Waals surface area contributed by atoms with Crippen molar-refractivity contribution in [2.45, 2.75) is 19.8 Å². The van der Waals surface area contributed by atoms with Gasteiger partial charge in [-0.25, -0.2) is 0 Å². The average Bonchev–Trinajstić information content (AvgIpc) is 2.79. The lowest BCUT2D eigenvalue weighted by Crippen LogP contribution is -2.32. The average molecular weight is 341 g/mol. The normalized spacial score (nSPS) is 18.4. The number of nitro benzene ring substituents is 1. The van der Waals surface area contributed by atoms with E-state index in [0.29, 0.717) is 17.4 Å². The molecule has 1 aliphatic rings. The van der Waals surface area contributed by atoms with Gasteiger partial charge in [0.25, 0.3) is 11.6 Å². The second kappa shape index (κ2) is 5.70. The molecule has 7 heteroatoms. The lowest BCUT2D eigenvalue weighted by molar-refractivity contribution is -0.384. The Morgan fingerprint density at radius 1 is 1.55 bits per heavy atom. The molecule has 1 aromatic rings. The SMILES string of the molecule is CCC1CC(=O)N(C(=O)c2cc([N+](=O)[O-])ccc2Br)C1. The van der Waals surface area contributed by atoms with E-state index in [1.54, 1.807) is 0 Å². The lowest BCUT2D eigenvalue weighted by Gasteiger charge is -2.15. The van der Waals surface area contributed by atoms with Gasteiger partial charge in [0, 0.05) is 29.6 Å². The number of likely N-dealkylation sites (tertiary alicyclic amines) is 1. The molecule has 1 heterocycles. The van der Waals surface area contributed by atoms with Gasteiger partial charge in [-0.2, -0.15) is 0 Å². The fraction of sp³-hybridized carbons (Fsp3) is 0.385. The van der Waals surface area contributed by atoms with Crippen molar-refractivity contribution in [3.63, 3.8) is 0 Å². The molecule has 0 aromatic heterocycles. The smallest absolute Gasteiger partial charge is 0.270 e. The van der Waals surface area contributed by atoms with Gasteiger partial charge in [0.05, 0.1) is 10.5 Å². The third-order valence-corrected chi connectivity index (χ3v) is 4.11. The molecular weight excluding hydrogens is 328 g/mol. The number of nitro groups is 1. The molecule has 1 atom stereocenters. The summed E-state index contributed by atoms with van der Waals surface area (Å²) in [4.78, 5) is 35.6. The quantitative estimate of drug-likeness (QED) is 0.481. The highest BCUT2D eigenvalue weighted by molar-refractivity contribution is 9.10. The number of non-ortho nitro benzene ring substituents is 1. The van der Waals surface area contributed by atoms with E-state index in [-0.39, 0.29) is 23.1 Å². The minimum atomic E-state index is -0.566. The van der Waals surface area contributed by atoms with Gasteiger partial charge < -0.3 is 0 Å². The fourth-order valence-electron chi connectivity index (χ4n) is 2.19. The molecule has 2 rings (SSSR count). The number of imide groups is 1. The second-order valence-corrected chi connectivity index (χ2v) is 5.56. The molecule has 0 saturated carbocycles. The topological polar surface area (TPSA) is 80.5 Å². The van der Waals surface area contributed by atoms with Crippen LogP contribution in [-0.4, -0.2) is 28.2 Å². The molecule has 0 aliphatic carbocycles. The number of halogens is 1. The first-order valence-electron chi connectivity index (χ1n) is 6.22. The van der Waals surface area contributed by atoms with Crippen LogP contribution < -0.4 is 0 Å². The number of hydrogen-bond donors (Lipinski definition) is 0. The summed E-state index contributed by atoms with van der Waals surface area (Å²) >= 11 is 3.20. The Bertz CT molecular complexity index is 588. The van der Waals surface area contributed by atoms with E-state index in [1.807, 2.05) is 6.92 Å². The van der Waals surface area contributed by atoms with E-state index < -0.39 is 10.8 Å². The Labute approximate surface area is 124 Å². The van der Waals surface area contributed by atoms with Crippen molar-refractivity contribution in [2.75, 3.05) is 6.54 Å². The first-order chi connectivity index (χ1) is 9.43.